The lowest BCUT2D eigenvalue weighted by Gasteiger charge is -2.13. The second kappa shape index (κ2) is 5.96. The van der Waals surface area contributed by atoms with Crippen molar-refractivity contribution >= 4 is 22.5 Å². The van der Waals surface area contributed by atoms with Crippen LogP contribution >= 0.6 is 0 Å². The summed E-state index contributed by atoms with van der Waals surface area (Å²) in [6, 6.07) is 12.2. The fraction of sp³-hybridized carbons (Fsp3) is 0.111. The molecular weight excluding hydrogens is 317 g/mol. The lowest BCUT2D eigenvalue weighted by atomic mass is 10.1. The van der Waals surface area contributed by atoms with Crippen LogP contribution in [0.1, 0.15) is 21.5 Å². The predicted octanol–water partition coefficient (Wildman–Crippen LogP) is 4.81. The van der Waals surface area contributed by atoms with E-state index in [-0.39, 0.29) is 11.3 Å². The highest BCUT2D eigenvalue weighted by Gasteiger charge is 2.32. The van der Waals surface area contributed by atoms with E-state index < -0.39 is 17.6 Å². The van der Waals surface area contributed by atoms with Gasteiger partial charge in [0.15, 0.2) is 0 Å². The van der Waals surface area contributed by atoms with Crippen LogP contribution in [0, 0.1) is 6.92 Å². The average Bonchev–Trinajstić information content (AvgIpc) is 2.55. The van der Waals surface area contributed by atoms with Crippen molar-refractivity contribution in [1.29, 1.82) is 0 Å². The van der Waals surface area contributed by atoms with Crippen LogP contribution in [0.15, 0.2) is 54.7 Å². The van der Waals surface area contributed by atoms with Crippen LogP contribution in [-0.4, -0.2) is 10.9 Å². The van der Waals surface area contributed by atoms with E-state index in [0.29, 0.717) is 16.5 Å². The number of nitrogens with one attached hydrogen (secondary N) is 1. The number of fused-ring (bicyclic) bond motifs is 1. The molecule has 0 bridgehead atoms. The second-order valence-electron chi connectivity index (χ2n) is 5.36. The Morgan fingerprint density at radius 2 is 1.88 bits per heavy atom. The van der Waals surface area contributed by atoms with Crippen molar-refractivity contribution in [2.75, 3.05) is 5.32 Å². The maximum atomic E-state index is 13.0. The van der Waals surface area contributed by atoms with E-state index in [9.17, 15) is 18.0 Å². The number of carbonyl (C=O) groups is 1. The molecule has 0 aliphatic rings. The number of halogens is 3. The van der Waals surface area contributed by atoms with Crippen molar-refractivity contribution in [3.8, 4) is 0 Å². The third-order valence-electron chi connectivity index (χ3n) is 3.69. The SMILES string of the molecule is Cc1ccc(NC(=O)c2cccc3ncccc23)cc1C(F)(F)F. The first-order chi connectivity index (χ1) is 11.4. The Labute approximate surface area is 136 Å². The maximum absolute atomic E-state index is 13.0. The molecule has 1 N–H and O–H groups in total. The summed E-state index contributed by atoms with van der Waals surface area (Å²) < 4.78 is 38.9. The first kappa shape index (κ1) is 16.0. The predicted molar refractivity (Wildman–Crippen MR) is 85.9 cm³/mol. The van der Waals surface area contributed by atoms with Crippen molar-refractivity contribution in [2.24, 2.45) is 0 Å². The number of aryl methyl sites for hydroxylation is 1. The van der Waals surface area contributed by atoms with Gasteiger partial charge in [0.1, 0.15) is 0 Å². The van der Waals surface area contributed by atoms with Crippen LogP contribution in [0.2, 0.25) is 0 Å². The number of aromatic nitrogens is 1. The molecule has 6 heteroatoms. The molecule has 0 fully saturated rings. The van der Waals surface area contributed by atoms with Crippen molar-refractivity contribution < 1.29 is 18.0 Å². The van der Waals surface area contributed by atoms with E-state index in [1.165, 1.54) is 19.1 Å². The molecule has 2 aromatic carbocycles. The molecule has 0 unspecified atom stereocenters. The maximum Gasteiger partial charge on any atom is 0.416 e. The highest BCUT2D eigenvalue weighted by Crippen LogP contribution is 2.33. The van der Waals surface area contributed by atoms with E-state index in [2.05, 4.69) is 10.3 Å². The Bertz CT molecular complexity index is 914. The van der Waals surface area contributed by atoms with Crippen LogP contribution in [0.4, 0.5) is 18.9 Å². The van der Waals surface area contributed by atoms with Crippen molar-refractivity contribution in [1.82, 2.24) is 4.98 Å². The molecule has 0 aliphatic heterocycles. The van der Waals surface area contributed by atoms with Gasteiger partial charge in [-0.2, -0.15) is 13.2 Å². The Hall–Kier alpha value is -2.89. The van der Waals surface area contributed by atoms with Crippen LogP contribution in [-0.2, 0) is 6.18 Å². The number of carbonyl (C=O) groups excluding carboxylic acids is 1. The average molecular weight is 330 g/mol. The first-order valence-electron chi connectivity index (χ1n) is 7.19. The highest BCUT2D eigenvalue weighted by atomic mass is 19.4. The fourth-order valence-corrected chi connectivity index (χ4v) is 2.50. The van der Waals surface area contributed by atoms with Crippen LogP contribution < -0.4 is 5.32 Å². The van der Waals surface area contributed by atoms with Gasteiger partial charge in [0.25, 0.3) is 5.91 Å². The number of benzene rings is 2. The molecule has 0 saturated heterocycles. The number of anilines is 1. The molecule has 0 atom stereocenters. The van der Waals surface area contributed by atoms with Gasteiger partial charge in [-0.1, -0.05) is 18.2 Å². The van der Waals surface area contributed by atoms with Gasteiger partial charge in [0.05, 0.1) is 11.1 Å². The minimum atomic E-state index is -4.46. The number of amides is 1. The summed E-state index contributed by atoms with van der Waals surface area (Å²) >= 11 is 0. The molecule has 122 valence electrons. The van der Waals surface area contributed by atoms with Crippen LogP contribution in [0.5, 0.6) is 0 Å². The normalized spacial score (nSPS) is 11.5. The molecule has 24 heavy (non-hydrogen) atoms. The molecular formula is C18H13F3N2O. The number of alkyl halides is 3. The highest BCUT2D eigenvalue weighted by molar-refractivity contribution is 6.12. The number of pyridine rings is 1. The summed E-state index contributed by atoms with van der Waals surface area (Å²) in [6.07, 6.45) is -2.85. The van der Waals surface area contributed by atoms with Gasteiger partial charge in [-0.15, -0.1) is 0 Å². The largest absolute Gasteiger partial charge is 0.416 e. The Balaban J connectivity index is 1.95. The number of nitrogens with zero attached hydrogens (tertiary/aromatic N) is 1. The van der Waals surface area contributed by atoms with Crippen molar-refractivity contribution in [2.45, 2.75) is 13.1 Å². The lowest BCUT2D eigenvalue weighted by Crippen LogP contribution is -2.14. The molecule has 0 radical (unpaired) electrons. The van der Waals surface area contributed by atoms with Gasteiger partial charge in [-0.25, -0.2) is 0 Å². The number of rotatable bonds is 2. The number of hydrogen-bond donors (Lipinski definition) is 1. The molecule has 0 saturated carbocycles. The molecule has 1 aromatic heterocycles. The topological polar surface area (TPSA) is 42.0 Å². The summed E-state index contributed by atoms with van der Waals surface area (Å²) in [6.45, 7) is 1.38. The third-order valence-corrected chi connectivity index (χ3v) is 3.69. The van der Waals surface area contributed by atoms with E-state index in [1.807, 2.05) is 0 Å². The van der Waals surface area contributed by atoms with Crippen molar-refractivity contribution in [3.05, 3.63) is 71.4 Å². The Kier molecular flexibility index (Phi) is 3.97. The van der Waals surface area contributed by atoms with Gasteiger partial charge in [-0.05, 0) is 42.8 Å². The van der Waals surface area contributed by atoms with Gasteiger partial charge in [-0.3, -0.25) is 9.78 Å². The smallest absolute Gasteiger partial charge is 0.322 e. The van der Waals surface area contributed by atoms with E-state index in [4.69, 9.17) is 0 Å². The van der Waals surface area contributed by atoms with E-state index in [1.54, 1.807) is 36.5 Å². The molecule has 3 aromatic rings. The summed E-state index contributed by atoms with van der Waals surface area (Å²) in [5.74, 6) is -0.481. The molecule has 3 rings (SSSR count). The van der Waals surface area contributed by atoms with Gasteiger partial charge in [0.2, 0.25) is 0 Å². The zero-order valence-corrected chi connectivity index (χ0v) is 12.7. The third kappa shape index (κ3) is 3.08. The Morgan fingerprint density at radius 3 is 2.62 bits per heavy atom. The monoisotopic (exact) mass is 330 g/mol. The minimum Gasteiger partial charge on any atom is -0.322 e. The zero-order chi connectivity index (χ0) is 17.3. The summed E-state index contributed by atoms with van der Waals surface area (Å²) in [5.41, 5.74) is 0.438. The van der Waals surface area contributed by atoms with Crippen molar-refractivity contribution in [3.63, 3.8) is 0 Å². The van der Waals surface area contributed by atoms with Gasteiger partial charge in [0, 0.05) is 22.8 Å². The lowest BCUT2D eigenvalue weighted by molar-refractivity contribution is -0.138. The van der Waals surface area contributed by atoms with Gasteiger partial charge >= 0.3 is 6.18 Å². The number of hydrogen-bond acceptors (Lipinski definition) is 2. The second-order valence-corrected chi connectivity index (χ2v) is 5.36. The molecule has 3 nitrogen and oxygen atoms in total. The summed E-state index contributed by atoms with van der Waals surface area (Å²) in [5, 5.41) is 3.16. The molecule has 0 aliphatic carbocycles. The van der Waals surface area contributed by atoms with Crippen LogP contribution in [0.25, 0.3) is 10.9 Å². The first-order valence-corrected chi connectivity index (χ1v) is 7.19. The molecule has 1 amide bonds. The molecule has 0 spiro atoms. The standard InChI is InChI=1S/C18H13F3N2O/c1-11-7-8-12(10-15(11)18(19,20)21)23-17(24)14-4-2-6-16-13(14)5-3-9-22-16/h2-10H,1H3,(H,23,24). The summed E-state index contributed by atoms with van der Waals surface area (Å²) in [7, 11) is 0. The Morgan fingerprint density at radius 1 is 1.08 bits per heavy atom. The summed E-state index contributed by atoms with van der Waals surface area (Å²) in [4.78, 5) is 16.6. The quantitative estimate of drug-likeness (QED) is 0.732. The molecule has 1 heterocycles. The fourth-order valence-electron chi connectivity index (χ4n) is 2.50. The van der Waals surface area contributed by atoms with E-state index in [0.717, 1.165) is 6.07 Å². The minimum absolute atomic E-state index is 0.0961. The van der Waals surface area contributed by atoms with Crippen LogP contribution in [0.3, 0.4) is 0 Å². The van der Waals surface area contributed by atoms with Gasteiger partial charge < -0.3 is 5.32 Å². The van der Waals surface area contributed by atoms with E-state index >= 15 is 0 Å². The zero-order valence-electron chi connectivity index (χ0n) is 12.7.